The Morgan fingerprint density at radius 3 is 2.72 bits per heavy atom. The normalized spacial score (nSPS) is 13.4. The molecule has 3 aromatic rings. The number of hydrazine groups is 1. The van der Waals surface area contributed by atoms with Gasteiger partial charge in [0.05, 0.1) is 23.9 Å². The van der Waals surface area contributed by atoms with Crippen LogP contribution in [0.3, 0.4) is 0 Å². The van der Waals surface area contributed by atoms with Crippen LogP contribution in [-0.2, 0) is 9.09 Å². The SMILES string of the molecule is CCOP(=O)(NNc1nc2ccccc2s1)Oc1cccc(OC)c1. The van der Waals surface area contributed by atoms with Crippen LogP contribution in [0.2, 0.25) is 0 Å². The Kier molecular flexibility index (Phi) is 5.55. The van der Waals surface area contributed by atoms with Crippen molar-refractivity contribution in [1.82, 2.24) is 10.2 Å². The fraction of sp³-hybridized carbons (Fsp3) is 0.188. The maximum Gasteiger partial charge on any atom is 0.476 e. The van der Waals surface area contributed by atoms with Gasteiger partial charge in [0, 0.05) is 6.07 Å². The molecule has 0 spiro atoms. The lowest BCUT2D eigenvalue weighted by atomic mass is 10.3. The molecule has 1 aromatic heterocycles. The Morgan fingerprint density at radius 1 is 1.16 bits per heavy atom. The monoisotopic (exact) mass is 379 g/mol. The number of rotatable bonds is 8. The zero-order valence-corrected chi connectivity index (χ0v) is 15.5. The maximum atomic E-state index is 12.9. The van der Waals surface area contributed by atoms with Gasteiger partial charge in [-0.05, 0) is 31.2 Å². The van der Waals surface area contributed by atoms with Gasteiger partial charge < -0.3 is 9.26 Å². The van der Waals surface area contributed by atoms with E-state index in [1.54, 1.807) is 38.3 Å². The summed E-state index contributed by atoms with van der Waals surface area (Å²) >= 11 is 1.43. The van der Waals surface area contributed by atoms with Gasteiger partial charge in [0.15, 0.2) is 5.13 Å². The molecular formula is C16H18N3O4PS. The van der Waals surface area contributed by atoms with Gasteiger partial charge in [-0.3, -0.25) is 9.95 Å². The van der Waals surface area contributed by atoms with Gasteiger partial charge in [-0.2, -0.15) is 0 Å². The second-order valence-corrected chi connectivity index (χ2v) is 7.60. The molecule has 0 saturated heterocycles. The number of hydrogen-bond donors (Lipinski definition) is 2. The van der Waals surface area contributed by atoms with E-state index >= 15 is 0 Å². The summed E-state index contributed by atoms with van der Waals surface area (Å²) in [5.41, 5.74) is 3.68. The number of nitrogens with zero attached hydrogens (tertiary/aromatic N) is 1. The van der Waals surface area contributed by atoms with Gasteiger partial charge in [-0.15, -0.1) is 5.20 Å². The summed E-state index contributed by atoms with van der Waals surface area (Å²) in [6.45, 7) is 1.96. The summed E-state index contributed by atoms with van der Waals surface area (Å²) in [5.74, 6) is 0.967. The van der Waals surface area contributed by atoms with Crippen molar-refractivity contribution in [3.63, 3.8) is 0 Å². The molecule has 1 heterocycles. The first-order chi connectivity index (χ1) is 12.1. The molecule has 0 amide bonds. The van der Waals surface area contributed by atoms with Crippen molar-refractivity contribution < 1.29 is 18.3 Å². The molecule has 0 aliphatic heterocycles. The standard InChI is InChI=1S/C16H18N3O4PS/c1-3-22-24(20,23-13-8-6-7-12(11-13)21-2)19-18-16-17-14-9-4-5-10-15(14)25-16/h4-11H,3H2,1-2H3,(H,17,18)(H,19,20). The average Bonchev–Trinajstić information content (AvgIpc) is 3.03. The number of fused-ring (bicyclic) bond motifs is 1. The van der Waals surface area contributed by atoms with Gasteiger partial charge in [0.2, 0.25) is 0 Å². The van der Waals surface area contributed by atoms with E-state index in [0.717, 1.165) is 10.2 Å². The van der Waals surface area contributed by atoms with Crippen LogP contribution in [0.1, 0.15) is 6.92 Å². The number of benzene rings is 2. The molecule has 25 heavy (non-hydrogen) atoms. The number of hydrogen-bond acceptors (Lipinski definition) is 7. The quantitative estimate of drug-likeness (QED) is 0.442. The van der Waals surface area contributed by atoms with Gasteiger partial charge in [0.1, 0.15) is 11.5 Å². The smallest absolute Gasteiger partial charge is 0.476 e. The molecule has 132 valence electrons. The van der Waals surface area contributed by atoms with E-state index in [0.29, 0.717) is 16.6 Å². The fourth-order valence-corrected chi connectivity index (χ4v) is 4.12. The maximum absolute atomic E-state index is 12.9. The van der Waals surface area contributed by atoms with Crippen LogP contribution >= 0.6 is 19.1 Å². The third-order valence-corrected chi connectivity index (χ3v) is 5.55. The highest BCUT2D eigenvalue weighted by Crippen LogP contribution is 2.44. The second-order valence-electron chi connectivity index (χ2n) is 4.91. The zero-order chi connectivity index (χ0) is 17.7. The summed E-state index contributed by atoms with van der Waals surface area (Å²) in [4.78, 5) is 4.40. The highest BCUT2D eigenvalue weighted by Gasteiger charge is 2.26. The fourth-order valence-electron chi connectivity index (χ4n) is 2.09. The van der Waals surface area contributed by atoms with Crippen LogP contribution in [0.15, 0.2) is 48.5 Å². The molecule has 1 unspecified atom stereocenters. The largest absolute Gasteiger partial charge is 0.497 e. The Bertz CT molecular complexity index is 869. The molecule has 3 rings (SSSR count). The highest BCUT2D eigenvalue weighted by molar-refractivity contribution is 7.52. The van der Waals surface area contributed by atoms with E-state index in [4.69, 9.17) is 13.8 Å². The molecule has 0 bridgehead atoms. The predicted octanol–water partition coefficient (Wildman–Crippen LogP) is 4.45. The van der Waals surface area contributed by atoms with Crippen molar-refractivity contribution in [1.29, 1.82) is 0 Å². The lowest BCUT2D eigenvalue weighted by Gasteiger charge is -2.19. The molecule has 7 nitrogen and oxygen atoms in total. The summed E-state index contributed by atoms with van der Waals surface area (Å²) in [7, 11) is -2.08. The van der Waals surface area contributed by atoms with Gasteiger partial charge in [-0.25, -0.2) is 9.55 Å². The van der Waals surface area contributed by atoms with Crippen molar-refractivity contribution in [2.75, 3.05) is 19.1 Å². The number of thiazole rings is 1. The molecule has 1 atom stereocenters. The predicted molar refractivity (Wildman–Crippen MR) is 99.2 cm³/mol. The summed E-state index contributed by atoms with van der Waals surface area (Å²) in [5, 5.41) is 3.19. The van der Waals surface area contributed by atoms with Crippen LogP contribution in [0, 0.1) is 0 Å². The molecule has 0 radical (unpaired) electrons. The number of methoxy groups -OCH3 is 1. The van der Waals surface area contributed by atoms with Gasteiger partial charge >= 0.3 is 7.75 Å². The third kappa shape index (κ3) is 4.49. The van der Waals surface area contributed by atoms with Crippen molar-refractivity contribution in [2.45, 2.75) is 6.92 Å². The number of nitrogens with one attached hydrogen (secondary N) is 2. The molecule has 9 heteroatoms. The molecule has 2 aromatic carbocycles. The molecule has 0 aliphatic rings. The van der Waals surface area contributed by atoms with E-state index in [1.165, 1.54) is 11.3 Å². The minimum Gasteiger partial charge on any atom is -0.497 e. The lowest BCUT2D eigenvalue weighted by Crippen LogP contribution is -2.22. The summed E-state index contributed by atoms with van der Waals surface area (Å²) in [6.07, 6.45) is 0. The van der Waals surface area contributed by atoms with E-state index in [-0.39, 0.29) is 6.61 Å². The summed E-state index contributed by atoms with van der Waals surface area (Å²) < 4.78 is 29.9. The second kappa shape index (κ2) is 7.84. The molecule has 0 saturated carbocycles. The Morgan fingerprint density at radius 2 is 1.96 bits per heavy atom. The molecule has 0 aliphatic carbocycles. The first-order valence-electron chi connectivity index (χ1n) is 7.59. The van der Waals surface area contributed by atoms with Crippen molar-refractivity contribution in [3.8, 4) is 11.5 Å². The van der Waals surface area contributed by atoms with Crippen LogP contribution in [-0.4, -0.2) is 18.7 Å². The third-order valence-electron chi connectivity index (χ3n) is 3.16. The van der Waals surface area contributed by atoms with E-state index in [2.05, 4.69) is 15.6 Å². The van der Waals surface area contributed by atoms with Crippen molar-refractivity contribution in [3.05, 3.63) is 48.5 Å². The Balaban J connectivity index is 1.73. The van der Waals surface area contributed by atoms with Crippen LogP contribution in [0.5, 0.6) is 11.5 Å². The Labute approximate surface area is 149 Å². The van der Waals surface area contributed by atoms with E-state index in [1.807, 2.05) is 24.3 Å². The lowest BCUT2D eigenvalue weighted by molar-refractivity contribution is 0.271. The highest BCUT2D eigenvalue weighted by atomic mass is 32.1. The van der Waals surface area contributed by atoms with Crippen LogP contribution in [0.25, 0.3) is 10.2 Å². The van der Waals surface area contributed by atoms with Crippen molar-refractivity contribution in [2.24, 2.45) is 0 Å². The number of para-hydroxylation sites is 1. The van der Waals surface area contributed by atoms with Gasteiger partial charge in [0.25, 0.3) is 0 Å². The van der Waals surface area contributed by atoms with Crippen LogP contribution < -0.4 is 19.9 Å². The Hall–Kier alpha value is -2.12. The first kappa shape index (κ1) is 17.7. The molecule has 0 fully saturated rings. The van der Waals surface area contributed by atoms with Gasteiger partial charge in [-0.1, -0.05) is 29.5 Å². The average molecular weight is 379 g/mol. The van der Waals surface area contributed by atoms with Crippen LogP contribution in [0.4, 0.5) is 5.13 Å². The minimum absolute atomic E-state index is 0.218. The number of anilines is 1. The first-order valence-corrected chi connectivity index (χ1v) is 9.95. The van der Waals surface area contributed by atoms with E-state index in [9.17, 15) is 4.57 Å². The topological polar surface area (TPSA) is 81.7 Å². The zero-order valence-electron chi connectivity index (χ0n) is 13.8. The number of aromatic nitrogens is 1. The molecular weight excluding hydrogens is 361 g/mol. The molecule has 2 N–H and O–H groups in total. The van der Waals surface area contributed by atoms with E-state index < -0.39 is 7.75 Å². The minimum atomic E-state index is -3.63. The number of ether oxygens (including phenoxy) is 1. The summed E-state index contributed by atoms with van der Waals surface area (Å²) in [6, 6.07) is 14.5. The van der Waals surface area contributed by atoms with Crippen molar-refractivity contribution >= 4 is 34.4 Å².